The summed E-state index contributed by atoms with van der Waals surface area (Å²) in [5.41, 5.74) is 0. The molecule has 362 valence electrons. The first-order chi connectivity index (χ1) is 32.0. The minimum atomic E-state index is -0.837. The largest absolute Gasteiger partial charge is 0.462 e. The molecule has 65 heavy (non-hydrogen) atoms. The van der Waals surface area contributed by atoms with Crippen LogP contribution in [0.15, 0.2) is 146 Å². The molecule has 0 bridgehead atoms. The fraction of sp³-hybridized carbons (Fsp3) is 0.542. The van der Waals surface area contributed by atoms with Gasteiger partial charge in [0.1, 0.15) is 13.2 Å². The second-order valence-corrected chi connectivity index (χ2v) is 16.1. The molecule has 0 aliphatic rings. The molecule has 0 fully saturated rings. The molecule has 0 saturated heterocycles. The number of unbranched alkanes of at least 4 members (excludes halogenated alkanes) is 12. The number of rotatable bonds is 43. The first-order valence-electron chi connectivity index (χ1n) is 25.4. The molecule has 1 atom stereocenters. The molecule has 0 rings (SSSR count). The average Bonchev–Trinajstić information content (AvgIpc) is 3.30. The molecule has 0 heterocycles. The second kappa shape index (κ2) is 51.9. The van der Waals surface area contributed by atoms with Crippen LogP contribution in [0.5, 0.6) is 0 Å². The molecule has 0 aromatic carbocycles. The minimum Gasteiger partial charge on any atom is -0.462 e. The third kappa shape index (κ3) is 50.2. The summed E-state index contributed by atoms with van der Waals surface area (Å²) in [7, 11) is 0. The predicted octanol–water partition coefficient (Wildman–Crippen LogP) is 16.9. The van der Waals surface area contributed by atoms with E-state index in [9.17, 15) is 14.4 Å². The summed E-state index contributed by atoms with van der Waals surface area (Å²) in [6.45, 7) is 6.21. The Balaban J connectivity index is 4.61. The van der Waals surface area contributed by atoms with Crippen LogP contribution in [-0.4, -0.2) is 37.2 Å². The fourth-order valence-corrected chi connectivity index (χ4v) is 6.17. The van der Waals surface area contributed by atoms with E-state index in [1.165, 1.54) is 32.1 Å². The normalized spacial score (nSPS) is 13.3. The number of hydrogen-bond donors (Lipinski definition) is 0. The SMILES string of the molecule is CC/C=C/C=C/C=C/C=C/CCCCCC(=O)OCC(COC(=O)CC/C=C/C/C=C/C/C=C/C/C=C/C/C=C/C/C=C/CC)OC(=O)CCCCCCCC/C=C/C=C/CCCCC. The van der Waals surface area contributed by atoms with E-state index in [4.69, 9.17) is 14.2 Å². The van der Waals surface area contributed by atoms with Crippen molar-refractivity contribution in [1.29, 1.82) is 0 Å². The van der Waals surface area contributed by atoms with Gasteiger partial charge in [-0.1, -0.05) is 212 Å². The van der Waals surface area contributed by atoms with E-state index in [0.29, 0.717) is 12.8 Å². The van der Waals surface area contributed by atoms with Gasteiger partial charge in [0.25, 0.3) is 0 Å². The van der Waals surface area contributed by atoms with Crippen LogP contribution in [-0.2, 0) is 28.6 Å². The van der Waals surface area contributed by atoms with Gasteiger partial charge < -0.3 is 14.2 Å². The summed E-state index contributed by atoms with van der Waals surface area (Å²) < 4.78 is 16.7. The van der Waals surface area contributed by atoms with Crippen LogP contribution in [0.3, 0.4) is 0 Å². The number of esters is 3. The molecule has 6 nitrogen and oxygen atoms in total. The van der Waals surface area contributed by atoms with Crippen LogP contribution in [0.4, 0.5) is 0 Å². The molecule has 0 amide bonds. The van der Waals surface area contributed by atoms with Crippen molar-refractivity contribution < 1.29 is 28.6 Å². The van der Waals surface area contributed by atoms with Gasteiger partial charge in [-0.3, -0.25) is 14.4 Å². The number of hydrogen-bond acceptors (Lipinski definition) is 6. The van der Waals surface area contributed by atoms with Crippen LogP contribution in [0.1, 0.15) is 188 Å². The van der Waals surface area contributed by atoms with Crippen molar-refractivity contribution in [2.24, 2.45) is 0 Å². The van der Waals surface area contributed by atoms with Crippen molar-refractivity contribution in [3.05, 3.63) is 146 Å². The number of ether oxygens (including phenoxy) is 3. The van der Waals surface area contributed by atoms with Gasteiger partial charge in [0.15, 0.2) is 6.10 Å². The van der Waals surface area contributed by atoms with E-state index < -0.39 is 6.10 Å². The van der Waals surface area contributed by atoms with Gasteiger partial charge in [-0.05, 0) is 103 Å². The molecule has 0 N–H and O–H groups in total. The first kappa shape index (κ1) is 60.3. The molecular weight excluding hydrogens is 805 g/mol. The molecule has 1 unspecified atom stereocenters. The lowest BCUT2D eigenvalue weighted by Crippen LogP contribution is -2.30. The molecule has 0 spiro atoms. The summed E-state index contributed by atoms with van der Waals surface area (Å²) in [6, 6.07) is 0. The molecule has 0 saturated carbocycles. The predicted molar refractivity (Wildman–Crippen MR) is 279 cm³/mol. The number of carbonyl (C=O) groups excluding carboxylic acids is 3. The maximum absolute atomic E-state index is 12.8. The van der Waals surface area contributed by atoms with Crippen LogP contribution >= 0.6 is 0 Å². The fourth-order valence-electron chi connectivity index (χ4n) is 6.17. The highest BCUT2D eigenvalue weighted by Gasteiger charge is 2.19. The Hall–Kier alpha value is -4.71. The van der Waals surface area contributed by atoms with Gasteiger partial charge in [-0.2, -0.15) is 0 Å². The Morgan fingerprint density at radius 3 is 1.22 bits per heavy atom. The highest BCUT2D eigenvalue weighted by Crippen LogP contribution is 2.12. The smallest absolute Gasteiger partial charge is 0.306 e. The molecule has 0 radical (unpaired) electrons. The Morgan fingerprint density at radius 1 is 0.338 bits per heavy atom. The number of allylic oxidation sites excluding steroid dienone is 24. The molecular formula is C59H90O6. The quantitative estimate of drug-likeness (QED) is 0.0199. The Bertz CT molecular complexity index is 1490. The van der Waals surface area contributed by atoms with Gasteiger partial charge >= 0.3 is 17.9 Å². The van der Waals surface area contributed by atoms with Crippen molar-refractivity contribution in [1.82, 2.24) is 0 Å². The molecule has 0 aromatic heterocycles. The summed E-state index contributed by atoms with van der Waals surface area (Å²) in [5, 5.41) is 0. The maximum atomic E-state index is 12.8. The third-order valence-electron chi connectivity index (χ3n) is 9.94. The highest BCUT2D eigenvalue weighted by atomic mass is 16.6. The average molecular weight is 895 g/mol. The van der Waals surface area contributed by atoms with E-state index in [2.05, 4.69) is 118 Å². The van der Waals surface area contributed by atoms with Crippen molar-refractivity contribution >= 4 is 17.9 Å². The first-order valence-corrected chi connectivity index (χ1v) is 25.4. The van der Waals surface area contributed by atoms with Gasteiger partial charge in [-0.15, -0.1) is 0 Å². The van der Waals surface area contributed by atoms with Gasteiger partial charge in [0.05, 0.1) is 0 Å². The molecule has 0 aliphatic heterocycles. The molecule has 0 aromatic rings. The zero-order valence-corrected chi connectivity index (χ0v) is 41.2. The van der Waals surface area contributed by atoms with E-state index in [-0.39, 0.29) is 44.0 Å². The Morgan fingerprint density at radius 2 is 0.708 bits per heavy atom. The van der Waals surface area contributed by atoms with E-state index in [1.807, 2.05) is 48.6 Å². The van der Waals surface area contributed by atoms with Crippen molar-refractivity contribution in [2.45, 2.75) is 194 Å². The highest BCUT2D eigenvalue weighted by molar-refractivity contribution is 5.71. The third-order valence-corrected chi connectivity index (χ3v) is 9.94. The lowest BCUT2D eigenvalue weighted by Gasteiger charge is -2.18. The molecule has 6 heteroatoms. The zero-order valence-electron chi connectivity index (χ0n) is 41.2. The Labute approximate surface area is 397 Å². The Kier molecular flexibility index (Phi) is 48.2. The van der Waals surface area contributed by atoms with Crippen molar-refractivity contribution in [3.8, 4) is 0 Å². The van der Waals surface area contributed by atoms with Crippen LogP contribution in [0, 0.1) is 0 Å². The molecule has 0 aliphatic carbocycles. The summed E-state index contributed by atoms with van der Waals surface area (Å²) in [5.74, 6) is -1.08. The van der Waals surface area contributed by atoms with Crippen LogP contribution in [0.2, 0.25) is 0 Å². The van der Waals surface area contributed by atoms with E-state index in [0.717, 1.165) is 109 Å². The summed E-state index contributed by atoms with van der Waals surface area (Å²) >= 11 is 0. The monoisotopic (exact) mass is 895 g/mol. The van der Waals surface area contributed by atoms with Gasteiger partial charge in [0, 0.05) is 19.3 Å². The summed E-state index contributed by atoms with van der Waals surface area (Å²) in [6.07, 6.45) is 74.1. The number of carbonyl (C=O) groups is 3. The van der Waals surface area contributed by atoms with Crippen molar-refractivity contribution in [3.63, 3.8) is 0 Å². The minimum absolute atomic E-state index is 0.133. The standard InChI is InChI=1S/C59H90O6/c1-4-7-10-13-16-19-22-25-27-28-29-30-32-34-37-40-43-46-49-52-58(61)64-55-56(54-63-57(60)51-48-45-42-39-36-33-24-21-18-15-12-9-6-3)65-59(62)53-50-47-44-41-38-35-31-26-23-20-17-14-11-8-5-2/h7,9-10,12,15-21,23-27,29-30,33-34,36-37,43,46,56H,4-6,8,11,13-14,22,28,31-32,35,38-42,44-45,47-55H2,1-3H3/b10-7+,12-9+,18-15+,19-16+,20-17+,24-21+,26-23+,27-25+,30-29+,36-33+,37-34+,46-43+. The lowest BCUT2D eigenvalue weighted by atomic mass is 10.1. The van der Waals surface area contributed by atoms with Crippen molar-refractivity contribution in [2.75, 3.05) is 13.2 Å². The van der Waals surface area contributed by atoms with Gasteiger partial charge in [-0.25, -0.2) is 0 Å². The summed E-state index contributed by atoms with van der Waals surface area (Å²) in [4.78, 5) is 37.9. The van der Waals surface area contributed by atoms with Crippen LogP contribution < -0.4 is 0 Å². The van der Waals surface area contributed by atoms with Gasteiger partial charge in [0.2, 0.25) is 0 Å². The van der Waals surface area contributed by atoms with E-state index >= 15 is 0 Å². The lowest BCUT2D eigenvalue weighted by molar-refractivity contribution is -0.166. The zero-order chi connectivity index (χ0) is 47.2. The maximum Gasteiger partial charge on any atom is 0.306 e. The second-order valence-electron chi connectivity index (χ2n) is 16.1. The van der Waals surface area contributed by atoms with E-state index in [1.54, 1.807) is 0 Å². The topological polar surface area (TPSA) is 78.9 Å². The van der Waals surface area contributed by atoms with Crippen LogP contribution in [0.25, 0.3) is 0 Å².